The molecule has 0 unspecified atom stereocenters. The number of ether oxygens (including phenoxy) is 2. The Kier molecular flexibility index (Phi) is 10.2. The quantitative estimate of drug-likeness (QED) is 0.267. The maximum Gasteiger partial charge on any atom is 0.261 e. The molecule has 0 aromatic heterocycles. The number of nitrogens with one attached hydrogen (secondary N) is 3. The Morgan fingerprint density at radius 2 is 1.64 bits per heavy atom. The molecule has 0 aliphatic heterocycles. The first-order valence-corrected chi connectivity index (χ1v) is 14.9. The van der Waals surface area contributed by atoms with Crippen LogP contribution in [-0.2, 0) is 21.2 Å². The lowest BCUT2D eigenvalue weighted by molar-refractivity contribution is -0.118. The standard InChI is InChI=1S/C28H33N3O6S2/c1-18(2)27(32)30-23-17-20(11-13-26(23)38-5)39(34,35)31-22-9-7-6-8-21(22)28(33)29-15-14-19-10-12-24(36-3)25(16-19)37-4/h6-13,16-18,31H,14-15H2,1-5H3,(H,29,33)(H,30,32). The molecule has 0 bridgehead atoms. The van der Waals surface area contributed by atoms with Crippen molar-refractivity contribution < 1.29 is 27.5 Å². The first kappa shape index (κ1) is 29.9. The number of carbonyl (C=O) groups is 2. The van der Waals surface area contributed by atoms with E-state index in [1.54, 1.807) is 58.4 Å². The third-order valence-electron chi connectivity index (χ3n) is 5.83. The van der Waals surface area contributed by atoms with Crippen LogP contribution in [0.4, 0.5) is 11.4 Å². The Hall–Kier alpha value is -3.70. The molecule has 9 nitrogen and oxygen atoms in total. The lowest BCUT2D eigenvalue weighted by Crippen LogP contribution is -2.27. The zero-order valence-corrected chi connectivity index (χ0v) is 24.2. The number of hydrogen-bond donors (Lipinski definition) is 3. The third kappa shape index (κ3) is 7.67. The van der Waals surface area contributed by atoms with Crippen LogP contribution in [0.3, 0.4) is 0 Å². The van der Waals surface area contributed by atoms with Crippen molar-refractivity contribution in [3.8, 4) is 11.5 Å². The summed E-state index contributed by atoms with van der Waals surface area (Å²) in [6.45, 7) is 3.84. The van der Waals surface area contributed by atoms with Gasteiger partial charge in [0, 0.05) is 17.4 Å². The summed E-state index contributed by atoms with van der Waals surface area (Å²) in [6, 6.07) is 16.4. The van der Waals surface area contributed by atoms with E-state index in [0.717, 1.165) is 10.5 Å². The summed E-state index contributed by atoms with van der Waals surface area (Å²) in [5.74, 6) is 0.303. The van der Waals surface area contributed by atoms with Crippen LogP contribution in [0.15, 0.2) is 70.5 Å². The number of hydrogen-bond acceptors (Lipinski definition) is 7. The minimum absolute atomic E-state index is 0.0389. The number of para-hydroxylation sites is 1. The highest BCUT2D eigenvalue weighted by Gasteiger charge is 2.21. The molecule has 11 heteroatoms. The summed E-state index contributed by atoms with van der Waals surface area (Å²) in [4.78, 5) is 25.9. The average Bonchev–Trinajstić information content (AvgIpc) is 2.92. The van der Waals surface area contributed by atoms with Crippen LogP contribution >= 0.6 is 11.8 Å². The number of rotatable bonds is 12. The monoisotopic (exact) mass is 571 g/mol. The normalized spacial score (nSPS) is 11.1. The number of thioether (sulfide) groups is 1. The van der Waals surface area contributed by atoms with E-state index < -0.39 is 15.9 Å². The van der Waals surface area contributed by atoms with Gasteiger partial charge in [-0.3, -0.25) is 14.3 Å². The predicted molar refractivity (Wildman–Crippen MR) is 155 cm³/mol. The van der Waals surface area contributed by atoms with E-state index >= 15 is 0 Å². The summed E-state index contributed by atoms with van der Waals surface area (Å²) in [6.07, 6.45) is 2.37. The zero-order valence-electron chi connectivity index (χ0n) is 22.5. The molecule has 0 saturated heterocycles. The minimum Gasteiger partial charge on any atom is -0.493 e. The molecule has 3 N–H and O–H groups in total. The van der Waals surface area contributed by atoms with Crippen LogP contribution in [0.2, 0.25) is 0 Å². The molecular weight excluding hydrogens is 538 g/mol. The van der Waals surface area contributed by atoms with E-state index in [9.17, 15) is 18.0 Å². The minimum atomic E-state index is -4.07. The number of anilines is 2. The molecule has 3 aromatic rings. The van der Waals surface area contributed by atoms with Crippen molar-refractivity contribution in [2.24, 2.45) is 5.92 Å². The molecule has 3 rings (SSSR count). The number of methoxy groups -OCH3 is 2. The van der Waals surface area contributed by atoms with Gasteiger partial charge in [0.25, 0.3) is 15.9 Å². The van der Waals surface area contributed by atoms with Crippen LogP contribution in [0.5, 0.6) is 11.5 Å². The first-order chi connectivity index (χ1) is 18.6. The number of benzene rings is 3. The van der Waals surface area contributed by atoms with Crippen molar-refractivity contribution >= 4 is 45.0 Å². The Morgan fingerprint density at radius 3 is 2.31 bits per heavy atom. The van der Waals surface area contributed by atoms with Gasteiger partial charge >= 0.3 is 0 Å². The van der Waals surface area contributed by atoms with Gasteiger partial charge < -0.3 is 20.1 Å². The Morgan fingerprint density at radius 1 is 0.923 bits per heavy atom. The molecule has 0 saturated carbocycles. The number of carbonyl (C=O) groups excluding carboxylic acids is 2. The molecule has 0 aliphatic rings. The van der Waals surface area contributed by atoms with E-state index in [-0.39, 0.29) is 28.0 Å². The number of sulfonamides is 1. The van der Waals surface area contributed by atoms with Gasteiger partial charge in [0.2, 0.25) is 5.91 Å². The molecule has 208 valence electrons. The fourth-order valence-corrected chi connectivity index (χ4v) is 5.29. The second-order valence-electron chi connectivity index (χ2n) is 8.85. The Bertz CT molecular complexity index is 1440. The highest BCUT2D eigenvalue weighted by atomic mass is 32.2. The molecule has 3 aromatic carbocycles. The topological polar surface area (TPSA) is 123 Å². The smallest absolute Gasteiger partial charge is 0.261 e. The lowest BCUT2D eigenvalue weighted by atomic mass is 10.1. The molecular formula is C28H33N3O6S2. The highest BCUT2D eigenvalue weighted by molar-refractivity contribution is 7.98. The molecule has 0 radical (unpaired) electrons. The molecule has 0 spiro atoms. The summed E-state index contributed by atoms with van der Waals surface area (Å²) in [5.41, 5.74) is 1.67. The molecule has 0 fully saturated rings. The maximum absolute atomic E-state index is 13.3. The lowest BCUT2D eigenvalue weighted by Gasteiger charge is -2.15. The summed E-state index contributed by atoms with van der Waals surface area (Å²) < 4.78 is 39.6. The highest BCUT2D eigenvalue weighted by Crippen LogP contribution is 2.30. The summed E-state index contributed by atoms with van der Waals surface area (Å²) >= 11 is 1.39. The van der Waals surface area contributed by atoms with Gasteiger partial charge in [-0.2, -0.15) is 0 Å². The third-order valence-corrected chi connectivity index (χ3v) is 7.99. The van der Waals surface area contributed by atoms with Gasteiger partial charge in [-0.25, -0.2) is 8.42 Å². The average molecular weight is 572 g/mol. The van der Waals surface area contributed by atoms with Crippen LogP contribution < -0.4 is 24.8 Å². The van der Waals surface area contributed by atoms with Crippen molar-refractivity contribution in [2.45, 2.75) is 30.1 Å². The second kappa shape index (κ2) is 13.4. The molecule has 39 heavy (non-hydrogen) atoms. The Labute approximate surface area is 233 Å². The molecule has 0 aliphatic carbocycles. The van der Waals surface area contributed by atoms with Gasteiger partial charge in [0.1, 0.15) is 0 Å². The summed E-state index contributed by atoms with van der Waals surface area (Å²) in [5, 5.41) is 5.63. The fourth-order valence-electron chi connectivity index (χ4n) is 3.65. The number of amides is 2. The second-order valence-corrected chi connectivity index (χ2v) is 11.4. The SMILES string of the molecule is COc1ccc(CCNC(=O)c2ccccc2NS(=O)(=O)c2ccc(SC)c(NC(=O)C(C)C)c2)cc1OC. The van der Waals surface area contributed by atoms with E-state index in [2.05, 4.69) is 15.4 Å². The molecule has 2 amide bonds. The van der Waals surface area contributed by atoms with Crippen LogP contribution in [0.1, 0.15) is 29.8 Å². The predicted octanol–water partition coefficient (Wildman–Crippen LogP) is 4.79. The van der Waals surface area contributed by atoms with Gasteiger partial charge in [-0.1, -0.05) is 32.0 Å². The van der Waals surface area contributed by atoms with E-state index in [4.69, 9.17) is 9.47 Å². The van der Waals surface area contributed by atoms with Gasteiger partial charge in [-0.15, -0.1) is 11.8 Å². The fraction of sp³-hybridized carbons (Fsp3) is 0.286. The van der Waals surface area contributed by atoms with Crippen LogP contribution in [0.25, 0.3) is 0 Å². The van der Waals surface area contributed by atoms with Crippen molar-refractivity contribution in [1.29, 1.82) is 0 Å². The first-order valence-electron chi connectivity index (χ1n) is 12.2. The van der Waals surface area contributed by atoms with Crippen molar-refractivity contribution in [1.82, 2.24) is 5.32 Å². The zero-order chi connectivity index (χ0) is 28.6. The van der Waals surface area contributed by atoms with Crippen LogP contribution in [0, 0.1) is 5.92 Å². The molecule has 0 heterocycles. The van der Waals surface area contributed by atoms with E-state index in [0.29, 0.717) is 30.2 Å². The summed E-state index contributed by atoms with van der Waals surface area (Å²) in [7, 11) is -0.949. The van der Waals surface area contributed by atoms with Gasteiger partial charge in [0.05, 0.1) is 36.1 Å². The van der Waals surface area contributed by atoms with Crippen molar-refractivity contribution in [3.63, 3.8) is 0 Å². The molecule has 0 atom stereocenters. The van der Waals surface area contributed by atoms with Crippen molar-refractivity contribution in [2.75, 3.05) is 37.1 Å². The van der Waals surface area contributed by atoms with E-state index in [1.165, 1.54) is 30.0 Å². The van der Waals surface area contributed by atoms with Crippen molar-refractivity contribution in [3.05, 3.63) is 71.8 Å². The maximum atomic E-state index is 13.3. The largest absolute Gasteiger partial charge is 0.493 e. The van der Waals surface area contributed by atoms with Gasteiger partial charge in [0.15, 0.2) is 11.5 Å². The Balaban J connectivity index is 1.75. The van der Waals surface area contributed by atoms with Crippen LogP contribution in [-0.4, -0.2) is 47.3 Å². The van der Waals surface area contributed by atoms with E-state index in [1.807, 2.05) is 18.4 Å². The van der Waals surface area contributed by atoms with Gasteiger partial charge in [-0.05, 0) is 60.7 Å².